The van der Waals surface area contributed by atoms with E-state index in [0.29, 0.717) is 0 Å². The fourth-order valence-corrected chi connectivity index (χ4v) is 3.31. The van der Waals surface area contributed by atoms with Crippen LogP contribution in [-0.4, -0.2) is 10.2 Å². The van der Waals surface area contributed by atoms with Gasteiger partial charge in [0.25, 0.3) is 5.56 Å². The number of anilines is 1. The van der Waals surface area contributed by atoms with Gasteiger partial charge in [-0.3, -0.25) is 15.0 Å². The number of aromatic amines is 2. The highest BCUT2D eigenvalue weighted by atomic mass is 32.1. The smallest absolute Gasteiger partial charge is 0.264 e. The van der Waals surface area contributed by atoms with E-state index in [4.69, 9.17) is 0 Å². The summed E-state index contributed by atoms with van der Waals surface area (Å²) in [5.74, 6) is 0. The second kappa shape index (κ2) is 5.61. The van der Waals surface area contributed by atoms with Crippen LogP contribution in [0.4, 0.5) is 5.69 Å². The molecule has 21 heavy (non-hydrogen) atoms. The molecule has 1 unspecified atom stereocenters. The second-order valence-corrected chi connectivity index (χ2v) is 6.03. The summed E-state index contributed by atoms with van der Waals surface area (Å²) in [6.45, 7) is 4.30. The second-order valence-electron chi connectivity index (χ2n) is 5.08. The predicted octanol–water partition coefficient (Wildman–Crippen LogP) is 3.91. The van der Waals surface area contributed by atoms with E-state index in [1.54, 1.807) is 17.4 Å². The molecule has 0 amide bonds. The standard InChI is InChI=1S/C16H17N3OS/c1-10-7-8-21-16(10)11(2)17-13-5-3-12(4-6-13)14-9-15(20)19-18-14/h3-9,11,17H,1-2H3,(H2,18,19,20). The summed E-state index contributed by atoms with van der Waals surface area (Å²) in [6, 6.07) is 12.0. The molecule has 1 atom stereocenters. The molecule has 4 nitrogen and oxygen atoms in total. The largest absolute Gasteiger partial charge is 0.378 e. The molecule has 3 N–H and O–H groups in total. The molecule has 0 fully saturated rings. The number of aryl methyl sites for hydroxylation is 1. The molecule has 0 aliphatic heterocycles. The van der Waals surface area contributed by atoms with Gasteiger partial charge in [-0.25, -0.2) is 0 Å². The van der Waals surface area contributed by atoms with Crippen molar-refractivity contribution in [3.63, 3.8) is 0 Å². The Kier molecular flexibility index (Phi) is 3.66. The Balaban J connectivity index is 1.76. The Morgan fingerprint density at radius 3 is 2.48 bits per heavy atom. The Hall–Kier alpha value is -2.27. The Morgan fingerprint density at radius 1 is 1.14 bits per heavy atom. The number of rotatable bonds is 4. The van der Waals surface area contributed by atoms with Crippen LogP contribution >= 0.6 is 11.3 Å². The highest BCUT2D eigenvalue weighted by Crippen LogP contribution is 2.27. The lowest BCUT2D eigenvalue weighted by atomic mass is 10.1. The molecule has 2 heterocycles. The van der Waals surface area contributed by atoms with E-state index in [9.17, 15) is 4.79 Å². The molecule has 108 valence electrons. The van der Waals surface area contributed by atoms with E-state index < -0.39 is 0 Å². The van der Waals surface area contributed by atoms with Gasteiger partial charge in [-0.15, -0.1) is 11.3 Å². The topological polar surface area (TPSA) is 60.7 Å². The fourth-order valence-electron chi connectivity index (χ4n) is 2.38. The maximum absolute atomic E-state index is 11.1. The summed E-state index contributed by atoms with van der Waals surface area (Å²) in [4.78, 5) is 12.5. The summed E-state index contributed by atoms with van der Waals surface area (Å²) < 4.78 is 0. The molecule has 3 aromatic rings. The summed E-state index contributed by atoms with van der Waals surface area (Å²) in [5.41, 5.74) is 4.06. The number of nitrogens with one attached hydrogen (secondary N) is 3. The van der Waals surface area contributed by atoms with Gasteiger partial charge in [0.05, 0.1) is 11.7 Å². The van der Waals surface area contributed by atoms with Crippen molar-refractivity contribution >= 4 is 17.0 Å². The Morgan fingerprint density at radius 2 is 1.90 bits per heavy atom. The molecule has 0 bridgehead atoms. The molecule has 0 saturated carbocycles. The van der Waals surface area contributed by atoms with Gasteiger partial charge in [-0.05, 0) is 48.6 Å². The van der Waals surface area contributed by atoms with Crippen LogP contribution in [0, 0.1) is 6.92 Å². The Labute approximate surface area is 126 Å². The highest BCUT2D eigenvalue weighted by Gasteiger charge is 2.09. The van der Waals surface area contributed by atoms with Crippen LogP contribution in [0.15, 0.2) is 46.6 Å². The zero-order chi connectivity index (χ0) is 14.8. The van der Waals surface area contributed by atoms with Gasteiger partial charge in [0, 0.05) is 16.6 Å². The van der Waals surface area contributed by atoms with Crippen LogP contribution < -0.4 is 10.9 Å². The molecule has 2 aromatic heterocycles. The van der Waals surface area contributed by atoms with Gasteiger partial charge in [-0.1, -0.05) is 12.1 Å². The number of hydrogen-bond donors (Lipinski definition) is 3. The van der Waals surface area contributed by atoms with Gasteiger partial charge in [0.15, 0.2) is 0 Å². The van der Waals surface area contributed by atoms with E-state index >= 15 is 0 Å². The van der Waals surface area contributed by atoms with E-state index in [0.717, 1.165) is 16.9 Å². The van der Waals surface area contributed by atoms with Crippen LogP contribution in [0.1, 0.15) is 23.4 Å². The Bertz CT molecular complexity index is 782. The van der Waals surface area contributed by atoms with Crippen LogP contribution in [0.3, 0.4) is 0 Å². The average molecular weight is 299 g/mol. The molecule has 0 aliphatic rings. The van der Waals surface area contributed by atoms with Crippen LogP contribution in [-0.2, 0) is 0 Å². The van der Waals surface area contributed by atoms with Crippen molar-refractivity contribution in [2.75, 3.05) is 5.32 Å². The van der Waals surface area contributed by atoms with E-state index in [1.165, 1.54) is 10.4 Å². The predicted molar refractivity (Wildman–Crippen MR) is 87.9 cm³/mol. The zero-order valence-corrected chi connectivity index (χ0v) is 12.8. The number of benzene rings is 1. The third kappa shape index (κ3) is 2.92. The van der Waals surface area contributed by atoms with Crippen LogP contribution in [0.2, 0.25) is 0 Å². The quantitative estimate of drug-likeness (QED) is 0.684. The van der Waals surface area contributed by atoms with Gasteiger partial charge >= 0.3 is 0 Å². The lowest BCUT2D eigenvalue weighted by Gasteiger charge is -2.15. The van der Waals surface area contributed by atoms with Crippen molar-refractivity contribution in [3.8, 4) is 11.3 Å². The maximum Gasteiger partial charge on any atom is 0.264 e. The van der Waals surface area contributed by atoms with Gasteiger partial charge in [0.1, 0.15) is 0 Å². The zero-order valence-electron chi connectivity index (χ0n) is 11.9. The number of hydrogen-bond acceptors (Lipinski definition) is 3. The molecule has 0 saturated heterocycles. The summed E-state index contributed by atoms with van der Waals surface area (Å²) in [7, 11) is 0. The van der Waals surface area contributed by atoms with Gasteiger partial charge < -0.3 is 5.32 Å². The SMILES string of the molecule is Cc1ccsc1C(C)Nc1ccc(-c2cc(=O)[nH][nH]2)cc1. The van der Waals surface area contributed by atoms with E-state index in [1.807, 2.05) is 24.3 Å². The molecule has 3 rings (SSSR count). The lowest BCUT2D eigenvalue weighted by Crippen LogP contribution is -2.05. The number of H-pyrrole nitrogens is 2. The third-order valence-corrected chi connectivity index (χ3v) is 4.67. The van der Waals surface area contributed by atoms with Gasteiger partial charge in [0.2, 0.25) is 0 Å². The first kappa shape index (κ1) is 13.7. The lowest BCUT2D eigenvalue weighted by molar-refractivity contribution is 0.899. The van der Waals surface area contributed by atoms with Gasteiger partial charge in [-0.2, -0.15) is 0 Å². The number of thiophene rings is 1. The molecular formula is C16H17N3OS. The van der Waals surface area contributed by atoms with Crippen molar-refractivity contribution in [3.05, 3.63) is 62.6 Å². The first-order valence-electron chi connectivity index (χ1n) is 6.82. The molecule has 0 aliphatic carbocycles. The minimum Gasteiger partial charge on any atom is -0.378 e. The maximum atomic E-state index is 11.1. The molecule has 0 spiro atoms. The fraction of sp³-hybridized carbons (Fsp3) is 0.188. The van der Waals surface area contributed by atoms with Crippen molar-refractivity contribution in [1.82, 2.24) is 10.2 Å². The number of aromatic nitrogens is 2. The molecule has 0 radical (unpaired) electrons. The molecule has 5 heteroatoms. The first-order chi connectivity index (χ1) is 10.1. The minimum atomic E-state index is -0.117. The third-order valence-electron chi connectivity index (χ3n) is 3.47. The van der Waals surface area contributed by atoms with E-state index in [-0.39, 0.29) is 11.6 Å². The van der Waals surface area contributed by atoms with Crippen molar-refractivity contribution in [2.45, 2.75) is 19.9 Å². The molecule has 1 aromatic carbocycles. The molecular weight excluding hydrogens is 282 g/mol. The highest BCUT2D eigenvalue weighted by molar-refractivity contribution is 7.10. The monoisotopic (exact) mass is 299 g/mol. The van der Waals surface area contributed by atoms with Crippen molar-refractivity contribution in [2.24, 2.45) is 0 Å². The summed E-state index contributed by atoms with van der Waals surface area (Å²) in [5, 5.41) is 11.0. The summed E-state index contributed by atoms with van der Waals surface area (Å²) in [6.07, 6.45) is 0. The van der Waals surface area contributed by atoms with Crippen LogP contribution in [0.5, 0.6) is 0 Å². The first-order valence-corrected chi connectivity index (χ1v) is 7.70. The van der Waals surface area contributed by atoms with Crippen molar-refractivity contribution in [1.29, 1.82) is 0 Å². The van der Waals surface area contributed by atoms with Crippen molar-refractivity contribution < 1.29 is 0 Å². The summed E-state index contributed by atoms with van der Waals surface area (Å²) >= 11 is 1.77. The average Bonchev–Trinajstić information content (AvgIpc) is 3.08. The van der Waals surface area contributed by atoms with Crippen LogP contribution in [0.25, 0.3) is 11.3 Å². The normalized spacial score (nSPS) is 12.3. The minimum absolute atomic E-state index is 0.117. The van der Waals surface area contributed by atoms with E-state index in [2.05, 4.69) is 40.8 Å².